The third-order valence-electron chi connectivity index (χ3n) is 6.71. The lowest BCUT2D eigenvalue weighted by Gasteiger charge is -2.28. The minimum atomic E-state index is -1.17. The van der Waals surface area contributed by atoms with Crippen molar-refractivity contribution >= 4 is 45.7 Å². The molecule has 250 valence electrons. The van der Waals surface area contributed by atoms with Gasteiger partial charge in [0.15, 0.2) is 29.2 Å². The van der Waals surface area contributed by atoms with E-state index in [2.05, 4.69) is 37.1 Å². The van der Waals surface area contributed by atoms with Gasteiger partial charge in [-0.2, -0.15) is 5.10 Å². The summed E-state index contributed by atoms with van der Waals surface area (Å²) in [4.78, 5) is 24.6. The Hall–Kier alpha value is -4.46. The molecular weight excluding hydrogens is 696 g/mol. The van der Waals surface area contributed by atoms with Crippen LogP contribution in [0.5, 0.6) is 23.0 Å². The first-order valence-electron chi connectivity index (χ1n) is 14.7. The van der Waals surface area contributed by atoms with Gasteiger partial charge in [0, 0.05) is 10.7 Å². The highest BCUT2D eigenvalue weighted by Gasteiger charge is 2.32. The molecule has 1 heterocycles. The van der Waals surface area contributed by atoms with Crippen molar-refractivity contribution in [2.24, 2.45) is 5.10 Å². The van der Waals surface area contributed by atoms with E-state index >= 15 is 0 Å². The van der Waals surface area contributed by atoms with E-state index in [0.29, 0.717) is 69.1 Å². The lowest BCUT2D eigenvalue weighted by atomic mass is 9.95. The van der Waals surface area contributed by atoms with Gasteiger partial charge in [-0.3, -0.25) is 5.43 Å². The van der Waals surface area contributed by atoms with Crippen molar-refractivity contribution in [3.63, 3.8) is 0 Å². The Morgan fingerprint density at radius 1 is 1.06 bits per heavy atom. The van der Waals surface area contributed by atoms with E-state index in [9.17, 15) is 14.7 Å². The van der Waals surface area contributed by atoms with Gasteiger partial charge in [-0.15, -0.1) is 0 Å². The van der Waals surface area contributed by atoms with Gasteiger partial charge in [-0.25, -0.2) is 9.59 Å². The third-order valence-corrected chi connectivity index (χ3v) is 7.54. The number of halogens is 2. The summed E-state index contributed by atoms with van der Waals surface area (Å²) in [6, 6.07) is 14.8. The number of carbonyl (C=O) groups excluding carboxylic acids is 2. The van der Waals surface area contributed by atoms with Crippen LogP contribution in [-0.4, -0.2) is 56.5 Å². The minimum absolute atomic E-state index is 0.169. The SMILES string of the molecule is CCOc1cc([C@@H]2NC(=O)NC(C)=C2C(=O)OC)ccc1OC[C@H](O)N/N=C/c1cc(Br)c(OCc2cccc(Cl)c2)c(OCC)c1. The molecule has 0 unspecified atom stereocenters. The number of hydrogen-bond acceptors (Lipinski definition) is 10. The lowest BCUT2D eigenvalue weighted by molar-refractivity contribution is -0.136. The Morgan fingerprint density at radius 2 is 1.83 bits per heavy atom. The monoisotopic (exact) mass is 730 g/mol. The van der Waals surface area contributed by atoms with Gasteiger partial charge in [0.1, 0.15) is 13.2 Å². The number of allylic oxidation sites excluding steroid dienone is 1. The number of ether oxygens (including phenoxy) is 5. The van der Waals surface area contributed by atoms with Crippen LogP contribution in [0.2, 0.25) is 5.02 Å². The molecule has 0 bridgehead atoms. The smallest absolute Gasteiger partial charge is 0.337 e. The molecule has 0 fully saturated rings. The molecule has 3 aromatic rings. The summed E-state index contributed by atoms with van der Waals surface area (Å²) < 4.78 is 29.0. The normalized spacial score (nSPS) is 15.0. The number of nitrogens with zero attached hydrogens (tertiary/aromatic N) is 1. The second-order valence-electron chi connectivity index (χ2n) is 10.1. The number of nitrogens with one attached hydrogen (secondary N) is 3. The maximum Gasteiger partial charge on any atom is 0.337 e. The Balaban J connectivity index is 1.40. The summed E-state index contributed by atoms with van der Waals surface area (Å²) in [6.07, 6.45) is 0.357. The van der Waals surface area contributed by atoms with Crippen LogP contribution in [-0.2, 0) is 16.1 Å². The van der Waals surface area contributed by atoms with E-state index in [1.54, 1.807) is 37.3 Å². The van der Waals surface area contributed by atoms with Crippen molar-refractivity contribution < 1.29 is 38.4 Å². The largest absolute Gasteiger partial charge is 0.490 e. The zero-order valence-electron chi connectivity index (χ0n) is 26.3. The van der Waals surface area contributed by atoms with Crippen LogP contribution in [0, 0.1) is 0 Å². The summed E-state index contributed by atoms with van der Waals surface area (Å²) >= 11 is 9.64. The zero-order valence-corrected chi connectivity index (χ0v) is 28.6. The number of rotatable bonds is 15. The third kappa shape index (κ3) is 9.53. The Kier molecular flexibility index (Phi) is 12.7. The first-order valence-corrected chi connectivity index (χ1v) is 15.9. The molecule has 1 aliphatic heterocycles. The maximum absolute atomic E-state index is 12.5. The number of hydrogen-bond donors (Lipinski definition) is 4. The topological polar surface area (TPSA) is 149 Å². The van der Waals surface area contributed by atoms with E-state index in [-0.39, 0.29) is 12.2 Å². The number of carbonyl (C=O) groups is 2. The predicted octanol–water partition coefficient (Wildman–Crippen LogP) is 5.60. The molecule has 0 aromatic heterocycles. The summed E-state index contributed by atoms with van der Waals surface area (Å²) in [5.74, 6) is 1.19. The number of aliphatic hydroxyl groups is 1. The average molecular weight is 732 g/mol. The van der Waals surface area contributed by atoms with Crippen molar-refractivity contribution in [2.45, 2.75) is 39.6 Å². The van der Waals surface area contributed by atoms with Gasteiger partial charge < -0.3 is 39.4 Å². The van der Waals surface area contributed by atoms with Crippen LogP contribution in [0.15, 0.2) is 75.4 Å². The molecule has 0 aliphatic carbocycles. The van der Waals surface area contributed by atoms with Gasteiger partial charge in [-0.1, -0.05) is 29.8 Å². The number of urea groups is 1. The molecular formula is C33H36BrClN4O8. The van der Waals surface area contributed by atoms with Gasteiger partial charge in [0.05, 0.1) is 42.6 Å². The van der Waals surface area contributed by atoms with Crippen LogP contribution in [0.25, 0.3) is 0 Å². The summed E-state index contributed by atoms with van der Waals surface area (Å²) in [5.41, 5.74) is 5.47. The number of methoxy groups -OCH3 is 1. The predicted molar refractivity (Wildman–Crippen MR) is 180 cm³/mol. The van der Waals surface area contributed by atoms with Crippen LogP contribution < -0.4 is 35.0 Å². The average Bonchev–Trinajstić information content (AvgIpc) is 3.03. The van der Waals surface area contributed by atoms with Crippen molar-refractivity contribution in [3.05, 3.63) is 92.1 Å². The lowest BCUT2D eigenvalue weighted by Crippen LogP contribution is -2.45. The number of amides is 2. The quantitative estimate of drug-likeness (QED) is 0.0679. The fraction of sp³-hybridized carbons (Fsp3) is 0.303. The minimum Gasteiger partial charge on any atom is -0.490 e. The van der Waals surface area contributed by atoms with E-state index < -0.39 is 24.3 Å². The summed E-state index contributed by atoms with van der Waals surface area (Å²) in [6.45, 7) is 6.19. The van der Waals surface area contributed by atoms with Crippen molar-refractivity contribution in [1.82, 2.24) is 16.1 Å². The first-order chi connectivity index (χ1) is 22.6. The Morgan fingerprint density at radius 3 is 2.55 bits per heavy atom. The number of hydrazone groups is 1. The molecule has 0 saturated carbocycles. The Bertz CT molecular complexity index is 1650. The fourth-order valence-electron chi connectivity index (χ4n) is 4.67. The number of benzene rings is 3. The molecule has 3 aromatic carbocycles. The number of aliphatic hydroxyl groups excluding tert-OH is 1. The highest BCUT2D eigenvalue weighted by molar-refractivity contribution is 9.10. The highest BCUT2D eigenvalue weighted by atomic mass is 79.9. The van der Waals surface area contributed by atoms with Gasteiger partial charge in [0.2, 0.25) is 0 Å². The molecule has 12 nitrogen and oxygen atoms in total. The van der Waals surface area contributed by atoms with Crippen LogP contribution in [0.1, 0.15) is 43.5 Å². The van der Waals surface area contributed by atoms with Gasteiger partial charge in [-0.05, 0) is 89.8 Å². The summed E-state index contributed by atoms with van der Waals surface area (Å²) in [5, 5.41) is 20.6. The second kappa shape index (κ2) is 16.9. The summed E-state index contributed by atoms with van der Waals surface area (Å²) in [7, 11) is 1.27. The first kappa shape index (κ1) is 35.4. The van der Waals surface area contributed by atoms with E-state index in [1.807, 2.05) is 38.1 Å². The van der Waals surface area contributed by atoms with Crippen LogP contribution in [0.4, 0.5) is 4.79 Å². The van der Waals surface area contributed by atoms with E-state index in [0.717, 1.165) is 5.56 Å². The highest BCUT2D eigenvalue weighted by Crippen LogP contribution is 2.38. The molecule has 4 rings (SSSR count). The van der Waals surface area contributed by atoms with Crippen LogP contribution in [0.3, 0.4) is 0 Å². The van der Waals surface area contributed by atoms with E-state index in [4.69, 9.17) is 35.3 Å². The molecule has 2 amide bonds. The van der Waals surface area contributed by atoms with Gasteiger partial charge >= 0.3 is 12.0 Å². The second-order valence-corrected chi connectivity index (χ2v) is 11.4. The number of esters is 1. The molecule has 4 N–H and O–H groups in total. The standard InChI is InChI=1S/C33H36BrClN4O8/c1-5-44-26-15-22(30-29(32(41)43-4)19(3)37-33(42)38-30)10-11-25(26)46-18-28(40)39-36-16-21-13-24(34)31(27(14-21)45-6-2)47-17-20-8-7-9-23(35)12-20/h7-16,28,30,39-40H,5-6,17-18H2,1-4H3,(H2,37,38,42)/b36-16+/t28-,30-/m0/s1. The van der Waals surface area contributed by atoms with Crippen molar-refractivity contribution in [3.8, 4) is 23.0 Å². The fourth-order valence-corrected chi connectivity index (χ4v) is 5.45. The molecule has 1 aliphatic rings. The van der Waals surface area contributed by atoms with Crippen molar-refractivity contribution in [1.29, 1.82) is 0 Å². The van der Waals surface area contributed by atoms with Crippen molar-refractivity contribution in [2.75, 3.05) is 26.9 Å². The molecule has 0 radical (unpaired) electrons. The van der Waals surface area contributed by atoms with Gasteiger partial charge in [0.25, 0.3) is 0 Å². The molecule has 0 saturated heterocycles. The molecule has 14 heteroatoms. The molecule has 47 heavy (non-hydrogen) atoms. The Labute approximate surface area is 286 Å². The van der Waals surface area contributed by atoms with Crippen LogP contribution >= 0.6 is 27.5 Å². The maximum atomic E-state index is 12.5. The zero-order chi connectivity index (χ0) is 33.9. The molecule has 2 atom stereocenters. The van der Waals surface area contributed by atoms with E-state index in [1.165, 1.54) is 13.3 Å². The molecule has 0 spiro atoms.